The van der Waals surface area contributed by atoms with Gasteiger partial charge in [-0.1, -0.05) is 23.7 Å². The van der Waals surface area contributed by atoms with Crippen LogP contribution in [0.1, 0.15) is 15.9 Å². The SMILES string of the molecule is CN(C)CCn1cc(C(=O)c2cc(Cl)ccc2O)cc1-c1nc2ccccc2c(=O)[nH]1.Cl. The lowest BCUT2D eigenvalue weighted by atomic mass is 10.0. The summed E-state index contributed by atoms with van der Waals surface area (Å²) in [6.07, 6.45) is 1.71. The number of hydrogen-bond donors (Lipinski definition) is 2. The van der Waals surface area contributed by atoms with Crippen LogP contribution in [-0.4, -0.2) is 51.0 Å². The Hall–Kier alpha value is -3.13. The molecule has 0 spiro atoms. The normalized spacial score (nSPS) is 11.0. The fourth-order valence-electron chi connectivity index (χ4n) is 3.38. The summed E-state index contributed by atoms with van der Waals surface area (Å²) in [6.45, 7) is 1.29. The quantitative estimate of drug-likeness (QED) is 0.414. The van der Waals surface area contributed by atoms with E-state index in [1.165, 1.54) is 18.2 Å². The number of phenols is 1. The van der Waals surface area contributed by atoms with E-state index in [0.717, 1.165) is 6.54 Å². The highest BCUT2D eigenvalue weighted by Gasteiger charge is 2.20. The lowest BCUT2D eigenvalue weighted by molar-refractivity contribution is 0.103. The number of H-pyrrole nitrogens is 1. The van der Waals surface area contributed by atoms with Crippen molar-refractivity contribution >= 4 is 40.7 Å². The van der Waals surface area contributed by atoms with Gasteiger partial charge < -0.3 is 19.6 Å². The van der Waals surface area contributed by atoms with E-state index in [0.29, 0.717) is 39.6 Å². The number of phenolic OH excluding ortho intramolecular Hbond substituents is 1. The summed E-state index contributed by atoms with van der Waals surface area (Å²) < 4.78 is 1.88. The number of carbonyl (C=O) groups is 1. The van der Waals surface area contributed by atoms with E-state index in [2.05, 4.69) is 9.97 Å². The highest BCUT2D eigenvalue weighted by molar-refractivity contribution is 6.31. The number of para-hydroxylation sites is 1. The van der Waals surface area contributed by atoms with Gasteiger partial charge in [0.15, 0.2) is 11.6 Å². The number of aromatic hydroxyl groups is 1. The van der Waals surface area contributed by atoms with Crippen LogP contribution in [0.2, 0.25) is 5.02 Å². The number of fused-ring (bicyclic) bond motifs is 1. The maximum Gasteiger partial charge on any atom is 0.259 e. The van der Waals surface area contributed by atoms with E-state index >= 15 is 0 Å². The molecule has 4 aromatic rings. The van der Waals surface area contributed by atoms with Gasteiger partial charge in [0.25, 0.3) is 5.56 Å². The van der Waals surface area contributed by atoms with E-state index in [1.54, 1.807) is 30.5 Å². The van der Waals surface area contributed by atoms with Gasteiger partial charge in [-0.25, -0.2) is 4.98 Å². The minimum absolute atomic E-state index is 0. The van der Waals surface area contributed by atoms with E-state index in [4.69, 9.17) is 11.6 Å². The second-order valence-corrected chi connectivity index (χ2v) is 7.97. The Morgan fingerprint density at radius 3 is 2.69 bits per heavy atom. The molecule has 0 saturated carbocycles. The lowest BCUT2D eigenvalue weighted by Crippen LogP contribution is -2.19. The smallest absolute Gasteiger partial charge is 0.259 e. The van der Waals surface area contributed by atoms with Crippen LogP contribution >= 0.6 is 24.0 Å². The van der Waals surface area contributed by atoms with E-state index in [-0.39, 0.29) is 35.1 Å². The van der Waals surface area contributed by atoms with Crippen LogP contribution in [0.3, 0.4) is 0 Å². The molecule has 2 heterocycles. The molecule has 0 radical (unpaired) electrons. The van der Waals surface area contributed by atoms with E-state index < -0.39 is 0 Å². The molecule has 166 valence electrons. The minimum atomic E-state index is -0.368. The summed E-state index contributed by atoms with van der Waals surface area (Å²) in [5.74, 6) is -0.140. The molecule has 0 aliphatic carbocycles. The number of rotatable bonds is 6. The molecule has 2 N–H and O–H groups in total. The van der Waals surface area contributed by atoms with Crippen molar-refractivity contribution in [3.8, 4) is 17.3 Å². The van der Waals surface area contributed by atoms with Gasteiger partial charge in [0.1, 0.15) is 5.75 Å². The molecular formula is C23H22Cl2N4O3. The fourth-order valence-corrected chi connectivity index (χ4v) is 3.55. The first-order valence-electron chi connectivity index (χ1n) is 9.71. The Labute approximate surface area is 195 Å². The minimum Gasteiger partial charge on any atom is -0.507 e. The molecule has 0 fully saturated rings. The lowest BCUT2D eigenvalue weighted by Gasteiger charge is -2.13. The third kappa shape index (κ3) is 4.70. The Morgan fingerprint density at radius 1 is 1.19 bits per heavy atom. The summed E-state index contributed by atoms with van der Waals surface area (Å²) in [5.41, 5.74) is 1.41. The van der Waals surface area contributed by atoms with Crippen molar-refractivity contribution in [3.05, 3.63) is 81.2 Å². The molecule has 7 nitrogen and oxygen atoms in total. The molecule has 2 aromatic carbocycles. The number of nitrogens with one attached hydrogen (secondary N) is 1. The molecule has 4 rings (SSSR count). The van der Waals surface area contributed by atoms with Crippen LogP contribution in [-0.2, 0) is 6.54 Å². The van der Waals surface area contributed by atoms with Crippen LogP contribution < -0.4 is 5.56 Å². The average molecular weight is 473 g/mol. The fraction of sp³-hybridized carbons (Fsp3) is 0.174. The van der Waals surface area contributed by atoms with Gasteiger partial charge in [-0.3, -0.25) is 9.59 Å². The van der Waals surface area contributed by atoms with Crippen molar-refractivity contribution in [1.29, 1.82) is 0 Å². The van der Waals surface area contributed by atoms with Crippen LogP contribution in [0.4, 0.5) is 0 Å². The molecule has 0 saturated heterocycles. The number of nitrogens with zero attached hydrogens (tertiary/aromatic N) is 3. The molecule has 2 aromatic heterocycles. The molecule has 0 aliphatic heterocycles. The maximum atomic E-state index is 13.1. The Kier molecular flexibility index (Phi) is 7.03. The van der Waals surface area contributed by atoms with Gasteiger partial charge >= 0.3 is 0 Å². The summed E-state index contributed by atoms with van der Waals surface area (Å²) >= 11 is 6.01. The molecule has 0 aliphatic rings. The first-order chi connectivity index (χ1) is 14.8. The van der Waals surface area contributed by atoms with Gasteiger partial charge in [0.05, 0.1) is 22.2 Å². The summed E-state index contributed by atoms with van der Waals surface area (Å²) in [4.78, 5) is 35.1. The predicted molar refractivity (Wildman–Crippen MR) is 128 cm³/mol. The maximum absolute atomic E-state index is 13.1. The van der Waals surface area contributed by atoms with E-state index in [9.17, 15) is 14.7 Å². The zero-order chi connectivity index (χ0) is 22.1. The number of likely N-dealkylation sites (N-methyl/N-ethyl adjacent to an activating group) is 1. The number of halogens is 2. The molecule has 0 unspecified atom stereocenters. The molecule has 0 bridgehead atoms. The predicted octanol–water partition coefficient (Wildman–Crippen LogP) is 3.97. The largest absolute Gasteiger partial charge is 0.507 e. The van der Waals surface area contributed by atoms with Crippen molar-refractivity contribution in [2.45, 2.75) is 6.54 Å². The van der Waals surface area contributed by atoms with Crippen molar-refractivity contribution in [2.24, 2.45) is 0 Å². The zero-order valence-electron chi connectivity index (χ0n) is 17.5. The second kappa shape index (κ2) is 9.56. The average Bonchev–Trinajstić information content (AvgIpc) is 3.18. The standard InChI is InChI=1S/C23H21ClN4O3.ClH/c1-27(2)9-10-28-13-14(21(30)17-12-15(24)7-8-20(17)29)11-19(28)22-25-18-6-4-3-5-16(18)23(31)26-22;/h3-8,11-13,29H,9-10H2,1-2H3,(H,25,26,31);1H. The molecule has 9 heteroatoms. The first kappa shape index (κ1) is 23.5. The van der Waals surface area contributed by atoms with Crippen LogP contribution in [0.5, 0.6) is 5.75 Å². The summed E-state index contributed by atoms with van der Waals surface area (Å²) in [6, 6.07) is 13.1. The van der Waals surface area contributed by atoms with Gasteiger partial charge in [-0.2, -0.15) is 0 Å². The van der Waals surface area contributed by atoms with Gasteiger partial charge in [0, 0.05) is 29.9 Å². The number of ketones is 1. The molecule has 0 atom stereocenters. The number of aromatic nitrogens is 3. The zero-order valence-corrected chi connectivity index (χ0v) is 19.1. The van der Waals surface area contributed by atoms with Gasteiger partial charge in [-0.15, -0.1) is 12.4 Å². The topological polar surface area (TPSA) is 91.2 Å². The monoisotopic (exact) mass is 472 g/mol. The second-order valence-electron chi connectivity index (χ2n) is 7.53. The van der Waals surface area contributed by atoms with Crippen molar-refractivity contribution in [2.75, 3.05) is 20.6 Å². The van der Waals surface area contributed by atoms with Crippen molar-refractivity contribution in [1.82, 2.24) is 19.4 Å². The number of carbonyl (C=O) groups excluding carboxylic acids is 1. The number of benzene rings is 2. The van der Waals surface area contributed by atoms with Gasteiger partial charge in [0.2, 0.25) is 0 Å². The highest BCUT2D eigenvalue weighted by atomic mass is 35.5. The molecule has 32 heavy (non-hydrogen) atoms. The van der Waals surface area contributed by atoms with Crippen LogP contribution in [0.25, 0.3) is 22.4 Å². The Morgan fingerprint density at radius 2 is 1.94 bits per heavy atom. The third-order valence-corrected chi connectivity index (χ3v) is 5.24. The Balaban J connectivity index is 0.00000289. The highest BCUT2D eigenvalue weighted by Crippen LogP contribution is 2.27. The molecule has 0 amide bonds. The Bertz CT molecular complexity index is 1340. The number of aromatic amines is 1. The van der Waals surface area contributed by atoms with Crippen LogP contribution in [0, 0.1) is 0 Å². The summed E-state index contributed by atoms with van der Waals surface area (Å²) in [7, 11) is 3.91. The van der Waals surface area contributed by atoms with Gasteiger partial charge in [-0.05, 0) is 50.5 Å². The van der Waals surface area contributed by atoms with E-state index in [1.807, 2.05) is 29.6 Å². The first-order valence-corrected chi connectivity index (χ1v) is 10.1. The van der Waals surface area contributed by atoms with Crippen molar-refractivity contribution in [3.63, 3.8) is 0 Å². The molecular weight excluding hydrogens is 451 g/mol. The van der Waals surface area contributed by atoms with Crippen molar-refractivity contribution < 1.29 is 9.90 Å². The number of hydrogen-bond acceptors (Lipinski definition) is 5. The summed E-state index contributed by atoms with van der Waals surface area (Å²) in [5, 5.41) is 11.0. The third-order valence-electron chi connectivity index (χ3n) is 5.01. The van der Waals surface area contributed by atoms with Crippen LogP contribution in [0.15, 0.2) is 59.5 Å².